The Bertz CT molecular complexity index is 507. The Morgan fingerprint density at radius 1 is 1.29 bits per heavy atom. The molecule has 0 saturated carbocycles. The molecule has 0 radical (unpaired) electrons. The number of nitrogens with one attached hydrogen (secondary N) is 1. The van der Waals surface area contributed by atoms with Gasteiger partial charge in [0.1, 0.15) is 0 Å². The highest BCUT2D eigenvalue weighted by atomic mass is 32.2. The largest absolute Gasteiger partial charge is 0.399 e. The first-order valence-corrected chi connectivity index (χ1v) is 7.07. The van der Waals surface area contributed by atoms with Crippen molar-refractivity contribution in [1.82, 2.24) is 4.31 Å². The predicted octanol–water partition coefficient (Wildman–Crippen LogP) is 1.33. The van der Waals surface area contributed by atoms with Gasteiger partial charge in [-0.05, 0) is 37.5 Å². The smallest absolute Gasteiger partial charge is 0.301 e. The van der Waals surface area contributed by atoms with Gasteiger partial charge in [0.15, 0.2) is 0 Å². The number of rotatable bonds is 3. The van der Waals surface area contributed by atoms with Gasteiger partial charge in [-0.3, -0.25) is 4.72 Å². The van der Waals surface area contributed by atoms with E-state index < -0.39 is 10.2 Å². The number of anilines is 2. The van der Waals surface area contributed by atoms with Gasteiger partial charge in [-0.1, -0.05) is 6.07 Å². The summed E-state index contributed by atoms with van der Waals surface area (Å²) >= 11 is 0. The van der Waals surface area contributed by atoms with Gasteiger partial charge in [0.05, 0.1) is 5.69 Å². The van der Waals surface area contributed by atoms with Crippen molar-refractivity contribution < 1.29 is 8.42 Å². The number of hydrogen-bond acceptors (Lipinski definition) is 3. The van der Waals surface area contributed by atoms with Crippen LogP contribution in [0.1, 0.15) is 18.4 Å². The van der Waals surface area contributed by atoms with Crippen molar-refractivity contribution in [3.05, 3.63) is 23.8 Å². The van der Waals surface area contributed by atoms with Gasteiger partial charge in [-0.2, -0.15) is 12.7 Å². The lowest BCUT2D eigenvalue weighted by atomic mass is 10.2. The Kier molecular flexibility index (Phi) is 3.26. The molecule has 5 nitrogen and oxygen atoms in total. The van der Waals surface area contributed by atoms with Crippen LogP contribution in [0.15, 0.2) is 18.2 Å². The second kappa shape index (κ2) is 4.54. The molecule has 2 rings (SSSR count). The van der Waals surface area contributed by atoms with Crippen LogP contribution in [-0.2, 0) is 10.2 Å². The number of aryl methyl sites for hydroxylation is 1. The van der Waals surface area contributed by atoms with E-state index in [4.69, 9.17) is 5.73 Å². The summed E-state index contributed by atoms with van der Waals surface area (Å²) in [6.45, 7) is 3.04. The molecular formula is C11H17N3O2S. The van der Waals surface area contributed by atoms with E-state index in [2.05, 4.69) is 4.72 Å². The van der Waals surface area contributed by atoms with E-state index in [0.29, 0.717) is 24.5 Å². The summed E-state index contributed by atoms with van der Waals surface area (Å²) in [4.78, 5) is 0. The zero-order valence-corrected chi connectivity index (χ0v) is 10.6. The van der Waals surface area contributed by atoms with Crippen molar-refractivity contribution in [1.29, 1.82) is 0 Å². The highest BCUT2D eigenvalue weighted by Crippen LogP contribution is 2.21. The fraction of sp³-hybridized carbons (Fsp3) is 0.455. The van der Waals surface area contributed by atoms with Crippen LogP contribution >= 0.6 is 0 Å². The van der Waals surface area contributed by atoms with E-state index in [9.17, 15) is 8.42 Å². The van der Waals surface area contributed by atoms with Crippen LogP contribution in [0.3, 0.4) is 0 Å². The molecule has 0 atom stereocenters. The Labute approximate surface area is 102 Å². The van der Waals surface area contributed by atoms with Crippen molar-refractivity contribution in [2.24, 2.45) is 0 Å². The molecule has 0 aromatic heterocycles. The third kappa shape index (κ3) is 2.70. The van der Waals surface area contributed by atoms with Gasteiger partial charge in [-0.15, -0.1) is 0 Å². The Hall–Kier alpha value is -1.27. The topological polar surface area (TPSA) is 75.4 Å². The van der Waals surface area contributed by atoms with Gasteiger partial charge in [0.2, 0.25) is 0 Å². The minimum atomic E-state index is -3.42. The Balaban J connectivity index is 2.22. The number of benzene rings is 1. The molecule has 0 bridgehead atoms. The van der Waals surface area contributed by atoms with Gasteiger partial charge in [-0.25, -0.2) is 0 Å². The summed E-state index contributed by atoms with van der Waals surface area (Å²) in [5.41, 5.74) is 7.62. The lowest BCUT2D eigenvalue weighted by Gasteiger charge is -2.18. The van der Waals surface area contributed by atoms with Crippen LogP contribution in [0.2, 0.25) is 0 Å². The van der Waals surface area contributed by atoms with Crippen LogP contribution in [0.25, 0.3) is 0 Å². The second-order valence-corrected chi connectivity index (χ2v) is 5.96. The van der Waals surface area contributed by atoms with Crippen LogP contribution in [0.4, 0.5) is 11.4 Å². The first-order chi connectivity index (χ1) is 7.99. The number of hydrogen-bond donors (Lipinski definition) is 2. The average molecular weight is 255 g/mol. The maximum absolute atomic E-state index is 12.0. The molecular weight excluding hydrogens is 238 g/mol. The second-order valence-electron chi connectivity index (χ2n) is 4.29. The average Bonchev–Trinajstić information content (AvgIpc) is 2.77. The Morgan fingerprint density at radius 2 is 1.94 bits per heavy atom. The van der Waals surface area contributed by atoms with Crippen LogP contribution in [0, 0.1) is 6.92 Å². The summed E-state index contributed by atoms with van der Waals surface area (Å²) in [6.07, 6.45) is 1.85. The van der Waals surface area contributed by atoms with Crippen molar-refractivity contribution in [2.45, 2.75) is 19.8 Å². The number of nitrogens with zero attached hydrogens (tertiary/aromatic N) is 1. The molecule has 17 heavy (non-hydrogen) atoms. The predicted molar refractivity (Wildman–Crippen MR) is 68.9 cm³/mol. The Morgan fingerprint density at radius 3 is 2.59 bits per heavy atom. The van der Waals surface area contributed by atoms with Crippen molar-refractivity contribution in [3.63, 3.8) is 0 Å². The maximum Gasteiger partial charge on any atom is 0.301 e. The summed E-state index contributed by atoms with van der Waals surface area (Å²) in [6, 6.07) is 5.20. The minimum absolute atomic E-state index is 0.551. The van der Waals surface area contributed by atoms with Crippen molar-refractivity contribution in [2.75, 3.05) is 23.5 Å². The van der Waals surface area contributed by atoms with E-state index in [0.717, 1.165) is 18.4 Å². The standard InChI is InChI=1S/C11H17N3O2S/c1-9-4-5-10(12)8-11(9)13-17(15,16)14-6-2-3-7-14/h4-5,8,13H,2-3,6-7,12H2,1H3. The number of nitrogens with two attached hydrogens (primary N) is 1. The van der Waals surface area contributed by atoms with Gasteiger partial charge in [0, 0.05) is 18.8 Å². The molecule has 1 heterocycles. The van der Waals surface area contributed by atoms with Crippen LogP contribution in [0.5, 0.6) is 0 Å². The molecule has 1 saturated heterocycles. The quantitative estimate of drug-likeness (QED) is 0.800. The third-order valence-corrected chi connectivity index (χ3v) is 4.43. The molecule has 1 fully saturated rings. The molecule has 94 valence electrons. The first-order valence-electron chi connectivity index (χ1n) is 5.63. The summed E-state index contributed by atoms with van der Waals surface area (Å²) < 4.78 is 28.1. The molecule has 6 heteroatoms. The van der Waals surface area contributed by atoms with E-state index >= 15 is 0 Å². The van der Waals surface area contributed by atoms with Gasteiger partial charge in [0.25, 0.3) is 0 Å². The van der Waals surface area contributed by atoms with Gasteiger partial charge >= 0.3 is 10.2 Å². The van der Waals surface area contributed by atoms with Crippen LogP contribution in [-0.4, -0.2) is 25.8 Å². The van der Waals surface area contributed by atoms with E-state index in [1.165, 1.54) is 4.31 Å². The van der Waals surface area contributed by atoms with E-state index in [1.807, 2.05) is 6.92 Å². The summed E-state index contributed by atoms with van der Waals surface area (Å²) in [5.74, 6) is 0. The molecule has 0 spiro atoms. The molecule has 0 unspecified atom stereocenters. The van der Waals surface area contributed by atoms with E-state index in [1.54, 1.807) is 18.2 Å². The summed E-state index contributed by atoms with van der Waals surface area (Å²) in [7, 11) is -3.42. The van der Waals surface area contributed by atoms with E-state index in [-0.39, 0.29) is 0 Å². The molecule has 1 aliphatic heterocycles. The third-order valence-electron chi connectivity index (χ3n) is 2.91. The first kappa shape index (κ1) is 12.2. The SMILES string of the molecule is Cc1ccc(N)cc1NS(=O)(=O)N1CCCC1. The zero-order chi connectivity index (χ0) is 12.5. The maximum atomic E-state index is 12.0. The normalized spacial score (nSPS) is 17.2. The molecule has 0 aliphatic carbocycles. The van der Waals surface area contributed by atoms with Crippen LogP contribution < -0.4 is 10.5 Å². The lowest BCUT2D eigenvalue weighted by molar-refractivity contribution is 0.482. The molecule has 1 aromatic rings. The van der Waals surface area contributed by atoms with Gasteiger partial charge < -0.3 is 5.73 Å². The monoisotopic (exact) mass is 255 g/mol. The molecule has 1 aliphatic rings. The fourth-order valence-electron chi connectivity index (χ4n) is 1.88. The highest BCUT2D eigenvalue weighted by molar-refractivity contribution is 7.90. The zero-order valence-electron chi connectivity index (χ0n) is 9.81. The molecule has 1 aromatic carbocycles. The molecule has 0 amide bonds. The summed E-state index contributed by atoms with van der Waals surface area (Å²) in [5, 5.41) is 0. The fourth-order valence-corrected chi connectivity index (χ4v) is 3.25. The minimum Gasteiger partial charge on any atom is -0.399 e. The molecule has 3 N–H and O–H groups in total. The lowest BCUT2D eigenvalue weighted by Crippen LogP contribution is -2.33. The highest BCUT2D eigenvalue weighted by Gasteiger charge is 2.25. The van der Waals surface area contributed by atoms with Crippen molar-refractivity contribution >= 4 is 21.6 Å². The number of nitrogen functional groups attached to an aromatic ring is 1. The van der Waals surface area contributed by atoms with Crippen molar-refractivity contribution in [3.8, 4) is 0 Å².